The number of aromatic nitrogens is 7. The van der Waals surface area contributed by atoms with E-state index < -0.39 is 0 Å². The maximum absolute atomic E-state index is 9.76. The molecule has 0 bridgehead atoms. The van der Waals surface area contributed by atoms with Gasteiger partial charge < -0.3 is 10.1 Å². The lowest BCUT2D eigenvalue weighted by Gasteiger charge is -2.02. The van der Waals surface area contributed by atoms with Crippen molar-refractivity contribution < 1.29 is 5.11 Å². The van der Waals surface area contributed by atoms with Crippen molar-refractivity contribution in [2.24, 2.45) is 0 Å². The van der Waals surface area contributed by atoms with E-state index in [4.69, 9.17) is 4.98 Å². The van der Waals surface area contributed by atoms with E-state index in [1.54, 1.807) is 30.9 Å². The highest BCUT2D eigenvalue weighted by Gasteiger charge is 2.15. The van der Waals surface area contributed by atoms with Crippen molar-refractivity contribution in [1.29, 1.82) is 0 Å². The highest BCUT2D eigenvalue weighted by molar-refractivity contribution is 5.99. The molecule has 148 valence electrons. The summed E-state index contributed by atoms with van der Waals surface area (Å²) in [4.78, 5) is 20.7. The molecular weight excluding hydrogens is 390 g/mol. The molecule has 8 nitrogen and oxygen atoms in total. The molecule has 0 aliphatic rings. The summed E-state index contributed by atoms with van der Waals surface area (Å²) < 4.78 is 0. The van der Waals surface area contributed by atoms with Crippen LogP contribution in [0.15, 0.2) is 73.6 Å². The second-order valence-corrected chi connectivity index (χ2v) is 7.16. The molecule has 0 aliphatic carbocycles. The quantitative estimate of drug-likeness (QED) is 0.403. The van der Waals surface area contributed by atoms with Crippen LogP contribution in [0.3, 0.4) is 0 Å². The molecule has 0 unspecified atom stereocenters. The van der Waals surface area contributed by atoms with Crippen LogP contribution in [-0.4, -0.2) is 40.2 Å². The molecule has 0 saturated heterocycles. The lowest BCUT2D eigenvalue weighted by molar-refractivity contribution is 0.473. The Balaban J connectivity index is 1.51. The van der Waals surface area contributed by atoms with Crippen molar-refractivity contribution in [2.75, 3.05) is 0 Å². The minimum atomic E-state index is 0.0959. The fraction of sp³-hybridized carbons (Fsp3) is 0. The third-order valence-electron chi connectivity index (χ3n) is 5.22. The first-order valence-electron chi connectivity index (χ1n) is 9.63. The van der Waals surface area contributed by atoms with Gasteiger partial charge in [0.1, 0.15) is 17.0 Å². The molecular formula is C23H15N7O. The van der Waals surface area contributed by atoms with E-state index in [-0.39, 0.29) is 5.75 Å². The summed E-state index contributed by atoms with van der Waals surface area (Å²) in [5.74, 6) is 0.0959. The molecule has 0 saturated carbocycles. The Morgan fingerprint density at radius 1 is 0.774 bits per heavy atom. The SMILES string of the molecule is Oc1cncc(-c2ccc3[nH]nc(-c4cc5c(-c6ccncc6)cncc5[nH]4)c3n2)c1. The van der Waals surface area contributed by atoms with Crippen LogP contribution in [0.25, 0.3) is 55.7 Å². The minimum Gasteiger partial charge on any atom is -0.506 e. The second kappa shape index (κ2) is 6.74. The number of hydrogen-bond acceptors (Lipinski definition) is 6. The van der Waals surface area contributed by atoms with E-state index in [1.807, 2.05) is 30.5 Å². The van der Waals surface area contributed by atoms with E-state index in [2.05, 4.69) is 36.2 Å². The predicted molar refractivity (Wildman–Crippen MR) is 117 cm³/mol. The molecule has 31 heavy (non-hydrogen) atoms. The number of H-pyrrole nitrogens is 2. The van der Waals surface area contributed by atoms with Gasteiger partial charge in [-0.25, -0.2) is 4.98 Å². The zero-order valence-corrected chi connectivity index (χ0v) is 16.1. The molecule has 6 aromatic heterocycles. The van der Waals surface area contributed by atoms with Gasteiger partial charge in [0.2, 0.25) is 0 Å². The largest absolute Gasteiger partial charge is 0.506 e. The van der Waals surface area contributed by atoms with Crippen LogP contribution in [-0.2, 0) is 0 Å². The molecule has 0 spiro atoms. The topological polar surface area (TPSA) is 116 Å². The van der Waals surface area contributed by atoms with Crippen LogP contribution in [0.5, 0.6) is 5.75 Å². The molecule has 0 aliphatic heterocycles. The zero-order chi connectivity index (χ0) is 20.8. The average molecular weight is 405 g/mol. The summed E-state index contributed by atoms with van der Waals surface area (Å²) in [5, 5.41) is 18.3. The van der Waals surface area contributed by atoms with Gasteiger partial charge in [0.25, 0.3) is 0 Å². The van der Waals surface area contributed by atoms with Gasteiger partial charge in [-0.3, -0.25) is 20.1 Å². The summed E-state index contributed by atoms with van der Waals surface area (Å²) in [5.41, 5.74) is 7.50. The molecule has 3 N–H and O–H groups in total. The van der Waals surface area contributed by atoms with Gasteiger partial charge in [0, 0.05) is 41.3 Å². The van der Waals surface area contributed by atoms with Crippen LogP contribution in [0, 0.1) is 0 Å². The van der Waals surface area contributed by atoms with Gasteiger partial charge >= 0.3 is 0 Å². The second-order valence-electron chi connectivity index (χ2n) is 7.16. The lowest BCUT2D eigenvalue weighted by Crippen LogP contribution is -1.86. The maximum atomic E-state index is 9.76. The van der Waals surface area contributed by atoms with Crippen molar-refractivity contribution in [3.05, 3.63) is 73.6 Å². The number of aromatic hydroxyl groups is 1. The number of pyridine rings is 4. The first-order valence-corrected chi connectivity index (χ1v) is 9.63. The average Bonchev–Trinajstić information content (AvgIpc) is 3.43. The fourth-order valence-corrected chi connectivity index (χ4v) is 3.76. The molecule has 6 aromatic rings. The molecule has 0 fully saturated rings. The molecule has 8 heteroatoms. The third kappa shape index (κ3) is 2.89. The minimum absolute atomic E-state index is 0.0959. The molecule has 0 aromatic carbocycles. The van der Waals surface area contributed by atoms with E-state index in [0.717, 1.165) is 44.3 Å². The van der Waals surface area contributed by atoms with E-state index in [0.29, 0.717) is 11.4 Å². The first-order chi connectivity index (χ1) is 15.3. The van der Waals surface area contributed by atoms with Gasteiger partial charge in [-0.05, 0) is 42.0 Å². The standard InChI is InChI=1S/C23H15N7O/c31-15-7-14(9-25-10-15)18-1-2-19-22(28-18)23(30-29-19)20-8-16-17(11-26-12-21(16)27-20)13-3-5-24-6-4-13/h1-12,27,31H,(H,29,30). The van der Waals surface area contributed by atoms with Crippen LogP contribution in [0.1, 0.15) is 0 Å². The van der Waals surface area contributed by atoms with Crippen molar-refractivity contribution in [3.63, 3.8) is 0 Å². The maximum Gasteiger partial charge on any atom is 0.135 e. The zero-order valence-electron chi connectivity index (χ0n) is 16.1. The van der Waals surface area contributed by atoms with Crippen LogP contribution < -0.4 is 0 Å². The molecule has 0 atom stereocenters. The number of rotatable bonds is 3. The van der Waals surface area contributed by atoms with Crippen LogP contribution >= 0.6 is 0 Å². The number of aromatic amines is 2. The molecule has 0 amide bonds. The number of hydrogen-bond donors (Lipinski definition) is 3. The van der Waals surface area contributed by atoms with E-state index in [1.165, 1.54) is 6.20 Å². The van der Waals surface area contributed by atoms with E-state index >= 15 is 0 Å². The predicted octanol–water partition coefficient (Wildman–Crippen LogP) is 4.33. The Labute approximate surface area is 175 Å². The van der Waals surface area contributed by atoms with Gasteiger partial charge in [-0.1, -0.05) is 0 Å². The summed E-state index contributed by atoms with van der Waals surface area (Å²) in [6.45, 7) is 0. The van der Waals surface area contributed by atoms with Crippen molar-refractivity contribution >= 4 is 21.9 Å². The van der Waals surface area contributed by atoms with Crippen molar-refractivity contribution in [2.45, 2.75) is 0 Å². The van der Waals surface area contributed by atoms with Crippen LogP contribution in [0.2, 0.25) is 0 Å². The first kappa shape index (κ1) is 17.3. The summed E-state index contributed by atoms with van der Waals surface area (Å²) in [7, 11) is 0. The van der Waals surface area contributed by atoms with Crippen molar-refractivity contribution in [1.82, 2.24) is 35.1 Å². The third-order valence-corrected chi connectivity index (χ3v) is 5.22. The van der Waals surface area contributed by atoms with E-state index in [9.17, 15) is 5.11 Å². The van der Waals surface area contributed by atoms with Gasteiger partial charge in [-0.2, -0.15) is 5.10 Å². The van der Waals surface area contributed by atoms with Crippen molar-refractivity contribution in [3.8, 4) is 39.5 Å². The molecule has 0 radical (unpaired) electrons. The Morgan fingerprint density at radius 2 is 1.65 bits per heavy atom. The number of nitrogens with zero attached hydrogens (tertiary/aromatic N) is 5. The summed E-state index contributed by atoms with van der Waals surface area (Å²) in [6, 6.07) is 11.4. The van der Waals surface area contributed by atoms with Gasteiger partial charge in [0.05, 0.1) is 34.8 Å². The Bertz CT molecular complexity index is 1550. The Kier molecular flexibility index (Phi) is 3.76. The smallest absolute Gasteiger partial charge is 0.135 e. The normalized spacial score (nSPS) is 11.4. The van der Waals surface area contributed by atoms with Gasteiger partial charge in [-0.15, -0.1) is 0 Å². The lowest BCUT2D eigenvalue weighted by atomic mass is 10.1. The molecule has 6 heterocycles. The number of nitrogens with one attached hydrogen (secondary N) is 2. The van der Waals surface area contributed by atoms with Crippen LogP contribution in [0.4, 0.5) is 0 Å². The number of fused-ring (bicyclic) bond motifs is 2. The monoisotopic (exact) mass is 405 g/mol. The highest BCUT2D eigenvalue weighted by Crippen LogP contribution is 2.33. The fourth-order valence-electron chi connectivity index (χ4n) is 3.76. The Hall–Kier alpha value is -4.59. The molecule has 6 rings (SSSR count). The van der Waals surface area contributed by atoms with Gasteiger partial charge in [0.15, 0.2) is 0 Å². The highest BCUT2D eigenvalue weighted by atomic mass is 16.3. The summed E-state index contributed by atoms with van der Waals surface area (Å²) in [6.07, 6.45) is 10.3. The Morgan fingerprint density at radius 3 is 2.52 bits per heavy atom. The summed E-state index contributed by atoms with van der Waals surface area (Å²) >= 11 is 0.